The zero-order valence-electron chi connectivity index (χ0n) is 14.0. The van der Waals surface area contributed by atoms with Gasteiger partial charge in [-0.15, -0.1) is 24.2 Å². The molecule has 0 unspecified atom stereocenters. The van der Waals surface area contributed by atoms with Crippen LogP contribution in [0.25, 0.3) is 10.9 Å². The Morgan fingerprint density at radius 2 is 2.17 bits per heavy atom. The first-order chi connectivity index (χ1) is 11.2. The lowest BCUT2D eigenvalue weighted by Crippen LogP contribution is -2.20. The third-order valence-corrected chi connectivity index (χ3v) is 5.49. The second-order valence-corrected chi connectivity index (χ2v) is 7.46. The fourth-order valence-corrected chi connectivity index (χ4v) is 4.10. The quantitative estimate of drug-likeness (QED) is 0.612. The second-order valence-electron chi connectivity index (χ2n) is 5.98. The van der Waals surface area contributed by atoms with E-state index in [1.807, 2.05) is 36.0 Å². The van der Waals surface area contributed by atoms with Crippen LogP contribution in [0.15, 0.2) is 24.3 Å². The summed E-state index contributed by atoms with van der Waals surface area (Å²) in [4.78, 5) is 7.08. The van der Waals surface area contributed by atoms with Crippen molar-refractivity contribution in [1.29, 1.82) is 0 Å². The average Bonchev–Trinajstić information content (AvgIpc) is 3.05. The van der Waals surface area contributed by atoms with E-state index in [1.54, 1.807) is 0 Å². The molecular weight excluding hydrogens is 363 g/mol. The Bertz CT molecular complexity index is 663. The summed E-state index contributed by atoms with van der Waals surface area (Å²) in [6.45, 7) is 5.26. The number of hydrogen-bond donors (Lipinski definition) is 0. The monoisotopic (exact) mass is 386 g/mol. The molecule has 2 aromatic rings. The summed E-state index contributed by atoms with van der Waals surface area (Å²) in [5.41, 5.74) is 1.98. The van der Waals surface area contributed by atoms with E-state index in [0.29, 0.717) is 10.9 Å². The first kappa shape index (κ1) is 19.6. The first-order valence-electron chi connectivity index (χ1n) is 8.23. The molecule has 0 aliphatic carbocycles. The van der Waals surface area contributed by atoms with Gasteiger partial charge in [0.2, 0.25) is 5.88 Å². The van der Waals surface area contributed by atoms with Crippen LogP contribution in [0.4, 0.5) is 0 Å². The number of fused-ring (bicyclic) bond motifs is 1. The summed E-state index contributed by atoms with van der Waals surface area (Å²) >= 11 is 8.27. The van der Waals surface area contributed by atoms with Gasteiger partial charge in [0.25, 0.3) is 0 Å². The average molecular weight is 387 g/mol. The van der Waals surface area contributed by atoms with E-state index < -0.39 is 0 Å². The second kappa shape index (κ2) is 9.71. The molecular formula is C18H24Cl2N2OS. The van der Waals surface area contributed by atoms with Crippen molar-refractivity contribution in [3.63, 3.8) is 0 Å². The van der Waals surface area contributed by atoms with Crippen LogP contribution in [0.5, 0.6) is 5.88 Å². The molecule has 1 aromatic carbocycles. The van der Waals surface area contributed by atoms with Gasteiger partial charge in [0.15, 0.2) is 0 Å². The number of benzene rings is 1. The van der Waals surface area contributed by atoms with Gasteiger partial charge in [0.05, 0.1) is 17.1 Å². The molecule has 3 nitrogen and oxygen atoms in total. The zero-order valence-corrected chi connectivity index (χ0v) is 16.4. The molecule has 1 aliphatic heterocycles. The number of ether oxygens (including phenoxy) is 1. The van der Waals surface area contributed by atoms with Gasteiger partial charge in [0, 0.05) is 29.6 Å². The van der Waals surface area contributed by atoms with Crippen LogP contribution in [0.3, 0.4) is 0 Å². The minimum atomic E-state index is 0. The Morgan fingerprint density at radius 1 is 1.29 bits per heavy atom. The van der Waals surface area contributed by atoms with Gasteiger partial charge >= 0.3 is 0 Å². The number of pyridine rings is 1. The molecule has 1 fully saturated rings. The molecule has 0 bridgehead atoms. The van der Waals surface area contributed by atoms with Gasteiger partial charge in [-0.2, -0.15) is 0 Å². The maximum Gasteiger partial charge on any atom is 0.214 e. The predicted octanol–water partition coefficient (Wildman–Crippen LogP) is 5.17. The van der Waals surface area contributed by atoms with Crippen molar-refractivity contribution in [2.75, 3.05) is 31.3 Å². The van der Waals surface area contributed by atoms with Crippen LogP contribution in [0.1, 0.15) is 24.8 Å². The van der Waals surface area contributed by atoms with Crippen molar-refractivity contribution in [3.05, 3.63) is 34.9 Å². The number of halogens is 2. The van der Waals surface area contributed by atoms with Crippen LogP contribution in [-0.4, -0.2) is 41.2 Å². The highest BCUT2D eigenvalue weighted by atomic mass is 35.5. The number of para-hydroxylation sites is 1. The summed E-state index contributed by atoms with van der Waals surface area (Å²) in [7, 11) is 0. The topological polar surface area (TPSA) is 25.4 Å². The normalized spacial score (nSPS) is 14.8. The maximum atomic E-state index is 6.24. The predicted molar refractivity (Wildman–Crippen MR) is 107 cm³/mol. The molecule has 1 saturated heterocycles. The Balaban J connectivity index is 0.00000208. The smallest absolute Gasteiger partial charge is 0.214 e. The van der Waals surface area contributed by atoms with Crippen molar-refractivity contribution in [3.8, 4) is 5.88 Å². The van der Waals surface area contributed by atoms with Crippen molar-refractivity contribution in [2.45, 2.75) is 26.2 Å². The molecule has 0 atom stereocenters. The lowest BCUT2D eigenvalue weighted by atomic mass is 10.1. The molecule has 3 rings (SSSR count). The molecule has 0 saturated carbocycles. The third-order valence-electron chi connectivity index (χ3n) is 4.17. The molecule has 2 heterocycles. The van der Waals surface area contributed by atoms with Crippen LogP contribution >= 0.6 is 35.8 Å². The van der Waals surface area contributed by atoms with Gasteiger partial charge in [0.1, 0.15) is 0 Å². The highest BCUT2D eigenvalue weighted by Gasteiger charge is 2.10. The number of unbranched alkanes of at least 4 members (excludes halogenated alkanes) is 2. The molecule has 6 heteroatoms. The Labute approximate surface area is 159 Å². The van der Waals surface area contributed by atoms with E-state index in [2.05, 4.69) is 16.8 Å². The zero-order chi connectivity index (χ0) is 16.1. The standard InChI is InChI=1S/C18H23ClN2OS.ClH/c1-14-12-17(20-18-15(14)6-5-7-16(18)19)22-10-4-2-3-8-21-9-11-23-13-21;/h5-7,12H,2-4,8-11,13H2,1H3;1H. The van der Waals surface area contributed by atoms with Gasteiger partial charge < -0.3 is 4.74 Å². The van der Waals surface area contributed by atoms with Crippen LogP contribution in [0.2, 0.25) is 5.02 Å². The van der Waals surface area contributed by atoms with E-state index in [4.69, 9.17) is 16.3 Å². The molecule has 24 heavy (non-hydrogen) atoms. The maximum absolute atomic E-state index is 6.24. The minimum Gasteiger partial charge on any atom is -0.478 e. The van der Waals surface area contributed by atoms with E-state index >= 15 is 0 Å². The molecule has 0 spiro atoms. The van der Waals surface area contributed by atoms with Gasteiger partial charge in [-0.1, -0.05) is 23.7 Å². The van der Waals surface area contributed by atoms with Crippen molar-refractivity contribution < 1.29 is 4.74 Å². The summed E-state index contributed by atoms with van der Waals surface area (Å²) in [6.07, 6.45) is 3.52. The summed E-state index contributed by atoms with van der Waals surface area (Å²) in [6, 6.07) is 7.87. The number of aryl methyl sites for hydroxylation is 1. The number of aromatic nitrogens is 1. The van der Waals surface area contributed by atoms with Gasteiger partial charge in [-0.25, -0.2) is 4.98 Å². The fourth-order valence-electron chi connectivity index (χ4n) is 2.85. The van der Waals surface area contributed by atoms with E-state index in [0.717, 1.165) is 29.5 Å². The number of rotatable bonds is 7. The minimum absolute atomic E-state index is 0. The fraction of sp³-hybridized carbons (Fsp3) is 0.500. The van der Waals surface area contributed by atoms with E-state index in [9.17, 15) is 0 Å². The van der Waals surface area contributed by atoms with Gasteiger partial charge in [-0.3, -0.25) is 4.90 Å². The molecule has 132 valence electrons. The summed E-state index contributed by atoms with van der Waals surface area (Å²) in [5.74, 6) is 3.18. The van der Waals surface area contributed by atoms with Crippen LogP contribution in [-0.2, 0) is 0 Å². The van der Waals surface area contributed by atoms with Crippen LogP contribution in [0, 0.1) is 6.92 Å². The van der Waals surface area contributed by atoms with Crippen molar-refractivity contribution >= 4 is 46.7 Å². The molecule has 0 N–H and O–H groups in total. The number of hydrogen-bond acceptors (Lipinski definition) is 4. The summed E-state index contributed by atoms with van der Waals surface area (Å²) in [5, 5.41) is 1.77. The number of thioether (sulfide) groups is 1. The van der Waals surface area contributed by atoms with Crippen molar-refractivity contribution in [2.24, 2.45) is 0 Å². The Hall–Kier alpha value is -0.680. The SMILES string of the molecule is Cc1cc(OCCCCCN2CCSC2)nc2c(Cl)cccc12.Cl. The van der Waals surface area contributed by atoms with Crippen LogP contribution < -0.4 is 4.74 Å². The molecule has 1 aromatic heterocycles. The van der Waals surface area contributed by atoms with Crippen molar-refractivity contribution in [1.82, 2.24) is 9.88 Å². The van der Waals surface area contributed by atoms with E-state index in [-0.39, 0.29) is 12.4 Å². The highest BCUT2D eigenvalue weighted by Crippen LogP contribution is 2.27. The largest absolute Gasteiger partial charge is 0.478 e. The lowest BCUT2D eigenvalue weighted by Gasteiger charge is -2.13. The highest BCUT2D eigenvalue weighted by molar-refractivity contribution is 7.99. The lowest BCUT2D eigenvalue weighted by molar-refractivity contribution is 0.285. The third kappa shape index (κ3) is 5.16. The molecule has 1 aliphatic rings. The first-order valence-corrected chi connectivity index (χ1v) is 9.76. The van der Waals surface area contributed by atoms with E-state index in [1.165, 1.54) is 37.6 Å². The van der Waals surface area contributed by atoms with Gasteiger partial charge in [-0.05, 0) is 44.4 Å². The summed E-state index contributed by atoms with van der Waals surface area (Å²) < 4.78 is 5.83. The Morgan fingerprint density at radius 3 is 2.96 bits per heavy atom. The number of nitrogens with zero attached hydrogens (tertiary/aromatic N) is 2. The molecule has 0 amide bonds. The Kier molecular flexibility index (Phi) is 7.95. The molecule has 0 radical (unpaired) electrons.